The van der Waals surface area contributed by atoms with Crippen LogP contribution in [0.15, 0.2) is 6.07 Å². The molecule has 3 heteroatoms. The van der Waals surface area contributed by atoms with E-state index in [2.05, 4.69) is 5.10 Å². The molecular weight excluding hydrogens is 234 g/mol. The SMILES string of the molecule is Cc1cc(N)n(CCC23CC4CC(CC(C4)C2)C3)n1. The summed E-state index contributed by atoms with van der Waals surface area (Å²) in [7, 11) is 0. The van der Waals surface area contributed by atoms with Gasteiger partial charge in [-0.15, -0.1) is 0 Å². The van der Waals surface area contributed by atoms with E-state index in [0.717, 1.165) is 35.8 Å². The van der Waals surface area contributed by atoms with E-state index in [0.29, 0.717) is 5.41 Å². The Kier molecular flexibility index (Phi) is 2.49. The van der Waals surface area contributed by atoms with Gasteiger partial charge in [0.15, 0.2) is 0 Å². The summed E-state index contributed by atoms with van der Waals surface area (Å²) in [6.45, 7) is 3.05. The molecule has 4 aliphatic rings. The van der Waals surface area contributed by atoms with Gasteiger partial charge in [0.25, 0.3) is 0 Å². The number of hydrogen-bond donors (Lipinski definition) is 1. The minimum absolute atomic E-state index is 0.640. The molecule has 3 nitrogen and oxygen atoms in total. The predicted molar refractivity (Wildman–Crippen MR) is 76.6 cm³/mol. The molecule has 4 bridgehead atoms. The van der Waals surface area contributed by atoms with E-state index in [1.165, 1.54) is 44.9 Å². The Hall–Kier alpha value is -0.990. The van der Waals surface area contributed by atoms with E-state index in [1.807, 2.05) is 17.7 Å². The van der Waals surface area contributed by atoms with Crippen molar-refractivity contribution in [3.05, 3.63) is 11.8 Å². The Morgan fingerprint density at radius 1 is 1.21 bits per heavy atom. The maximum atomic E-state index is 6.02. The summed E-state index contributed by atoms with van der Waals surface area (Å²) in [4.78, 5) is 0. The number of nitrogen functional groups attached to an aromatic ring is 1. The number of hydrogen-bond acceptors (Lipinski definition) is 2. The lowest BCUT2D eigenvalue weighted by molar-refractivity contribution is -0.0595. The van der Waals surface area contributed by atoms with Gasteiger partial charge in [0, 0.05) is 12.6 Å². The first-order valence-electron chi connectivity index (χ1n) is 7.92. The topological polar surface area (TPSA) is 43.8 Å². The average Bonchev–Trinajstić information content (AvgIpc) is 2.64. The minimum atomic E-state index is 0.640. The van der Waals surface area contributed by atoms with Gasteiger partial charge in [-0.3, -0.25) is 0 Å². The third kappa shape index (κ3) is 1.98. The van der Waals surface area contributed by atoms with Crippen molar-refractivity contribution in [3.63, 3.8) is 0 Å². The van der Waals surface area contributed by atoms with Gasteiger partial charge in [0.2, 0.25) is 0 Å². The molecule has 4 fully saturated rings. The zero-order valence-electron chi connectivity index (χ0n) is 11.9. The quantitative estimate of drug-likeness (QED) is 0.904. The second kappa shape index (κ2) is 4.00. The summed E-state index contributed by atoms with van der Waals surface area (Å²) >= 11 is 0. The largest absolute Gasteiger partial charge is 0.384 e. The van der Waals surface area contributed by atoms with Crippen molar-refractivity contribution in [2.75, 3.05) is 5.73 Å². The first-order chi connectivity index (χ1) is 9.12. The molecule has 0 aromatic carbocycles. The van der Waals surface area contributed by atoms with Crippen LogP contribution in [-0.4, -0.2) is 9.78 Å². The Morgan fingerprint density at radius 2 is 1.79 bits per heavy atom. The van der Waals surface area contributed by atoms with Gasteiger partial charge in [-0.1, -0.05) is 0 Å². The third-order valence-corrected chi connectivity index (χ3v) is 5.95. The fourth-order valence-electron chi connectivity index (χ4n) is 5.68. The summed E-state index contributed by atoms with van der Waals surface area (Å²) in [6.07, 6.45) is 10.3. The molecular formula is C16H25N3. The van der Waals surface area contributed by atoms with Crippen LogP contribution in [0.5, 0.6) is 0 Å². The number of aromatic nitrogens is 2. The highest BCUT2D eigenvalue weighted by atomic mass is 15.3. The monoisotopic (exact) mass is 259 g/mol. The summed E-state index contributed by atoms with van der Waals surface area (Å²) in [5, 5.41) is 4.52. The lowest BCUT2D eigenvalue weighted by Crippen LogP contribution is -2.46. The first-order valence-corrected chi connectivity index (χ1v) is 7.92. The van der Waals surface area contributed by atoms with Crippen molar-refractivity contribution in [2.24, 2.45) is 23.2 Å². The van der Waals surface area contributed by atoms with Gasteiger partial charge >= 0.3 is 0 Å². The number of nitrogens with two attached hydrogens (primary N) is 1. The molecule has 0 radical (unpaired) electrons. The Bertz CT molecular complexity index is 453. The summed E-state index contributed by atoms with van der Waals surface area (Å²) in [5.74, 6) is 3.97. The van der Waals surface area contributed by atoms with Crippen molar-refractivity contribution in [1.82, 2.24) is 9.78 Å². The number of aryl methyl sites for hydroxylation is 2. The molecule has 0 atom stereocenters. The predicted octanol–water partition coefficient (Wildman–Crippen LogP) is 3.38. The van der Waals surface area contributed by atoms with Crippen molar-refractivity contribution in [2.45, 2.75) is 58.4 Å². The van der Waals surface area contributed by atoms with Crippen molar-refractivity contribution in [1.29, 1.82) is 0 Å². The highest BCUT2D eigenvalue weighted by Gasteiger charge is 2.50. The average molecular weight is 259 g/mol. The standard InChI is InChI=1S/C16H25N3/c1-11-4-15(17)19(18-11)3-2-16-8-12-5-13(9-16)7-14(6-12)10-16/h4,12-14H,2-3,5-10,17H2,1H3. The molecule has 19 heavy (non-hydrogen) atoms. The summed E-state index contributed by atoms with van der Waals surface area (Å²) < 4.78 is 2.02. The molecule has 0 unspecified atom stereocenters. The van der Waals surface area contributed by atoms with Crippen LogP contribution < -0.4 is 5.73 Å². The van der Waals surface area contributed by atoms with Crippen LogP contribution in [0.25, 0.3) is 0 Å². The fraction of sp³-hybridized carbons (Fsp3) is 0.812. The lowest BCUT2D eigenvalue weighted by Gasteiger charge is -2.57. The van der Waals surface area contributed by atoms with E-state index in [9.17, 15) is 0 Å². The van der Waals surface area contributed by atoms with Gasteiger partial charge in [-0.05, 0) is 75.0 Å². The zero-order valence-corrected chi connectivity index (χ0v) is 11.9. The maximum absolute atomic E-state index is 6.02. The summed E-state index contributed by atoms with van der Waals surface area (Å²) in [6, 6.07) is 1.99. The minimum Gasteiger partial charge on any atom is -0.384 e. The van der Waals surface area contributed by atoms with Gasteiger partial charge in [-0.25, -0.2) is 4.68 Å². The van der Waals surface area contributed by atoms with E-state index in [-0.39, 0.29) is 0 Å². The second-order valence-corrected chi connectivity index (χ2v) is 7.60. The van der Waals surface area contributed by atoms with Crippen molar-refractivity contribution < 1.29 is 0 Å². The third-order valence-electron chi connectivity index (χ3n) is 5.95. The molecule has 4 saturated carbocycles. The molecule has 4 aliphatic carbocycles. The van der Waals surface area contributed by atoms with Crippen molar-refractivity contribution >= 4 is 5.82 Å². The number of rotatable bonds is 3. The van der Waals surface area contributed by atoms with E-state index in [1.54, 1.807) is 0 Å². The van der Waals surface area contributed by atoms with Gasteiger partial charge in [0.05, 0.1) is 5.69 Å². The van der Waals surface area contributed by atoms with E-state index in [4.69, 9.17) is 5.73 Å². The molecule has 0 saturated heterocycles. The first kappa shape index (κ1) is 11.8. The molecule has 1 aromatic heterocycles. The Morgan fingerprint density at radius 3 is 2.26 bits per heavy atom. The maximum Gasteiger partial charge on any atom is 0.121 e. The van der Waals surface area contributed by atoms with Crippen LogP contribution >= 0.6 is 0 Å². The van der Waals surface area contributed by atoms with Crippen molar-refractivity contribution in [3.8, 4) is 0 Å². The molecule has 1 heterocycles. The molecule has 1 aromatic rings. The number of anilines is 1. The zero-order chi connectivity index (χ0) is 13.0. The summed E-state index contributed by atoms with van der Waals surface area (Å²) in [5.41, 5.74) is 7.70. The van der Waals surface area contributed by atoms with Gasteiger partial charge in [0.1, 0.15) is 5.82 Å². The molecule has 5 rings (SSSR count). The molecule has 2 N–H and O–H groups in total. The molecule has 104 valence electrons. The smallest absolute Gasteiger partial charge is 0.121 e. The van der Waals surface area contributed by atoms with Gasteiger partial charge in [-0.2, -0.15) is 5.10 Å². The highest BCUT2D eigenvalue weighted by molar-refractivity contribution is 5.30. The normalized spacial score (nSPS) is 39.9. The molecule has 0 amide bonds. The van der Waals surface area contributed by atoms with E-state index < -0.39 is 0 Å². The molecule has 0 spiro atoms. The van der Waals surface area contributed by atoms with Gasteiger partial charge < -0.3 is 5.73 Å². The van der Waals surface area contributed by atoms with Crippen LogP contribution in [0.2, 0.25) is 0 Å². The van der Waals surface area contributed by atoms with Crippen LogP contribution in [0.1, 0.15) is 50.6 Å². The Balaban J connectivity index is 1.49. The lowest BCUT2D eigenvalue weighted by atomic mass is 9.49. The van der Waals surface area contributed by atoms with E-state index >= 15 is 0 Å². The van der Waals surface area contributed by atoms with Crippen LogP contribution in [-0.2, 0) is 6.54 Å². The highest BCUT2D eigenvalue weighted by Crippen LogP contribution is 2.61. The van der Waals surface area contributed by atoms with Crippen LogP contribution in [0.3, 0.4) is 0 Å². The van der Waals surface area contributed by atoms with Crippen LogP contribution in [0, 0.1) is 30.1 Å². The number of nitrogens with zero attached hydrogens (tertiary/aromatic N) is 2. The molecule has 0 aliphatic heterocycles. The van der Waals surface area contributed by atoms with Crippen LogP contribution in [0.4, 0.5) is 5.82 Å². The fourth-order valence-corrected chi connectivity index (χ4v) is 5.68. The Labute approximate surface area is 115 Å². The second-order valence-electron chi connectivity index (χ2n) is 7.60.